The standard InChI is InChI=1S/C4H6O5/c1-7-3(5)4(6)9-8-2/h1-2H3. The van der Waals surface area contributed by atoms with Gasteiger partial charge in [-0.05, 0) is 0 Å². The molecule has 0 aliphatic heterocycles. The Morgan fingerprint density at radius 1 is 1.11 bits per heavy atom. The van der Waals surface area contributed by atoms with Crippen molar-refractivity contribution in [1.29, 1.82) is 0 Å². The number of carbonyl (C=O) groups is 2. The van der Waals surface area contributed by atoms with E-state index in [1.807, 2.05) is 0 Å². The number of hydrogen-bond donors (Lipinski definition) is 0. The Labute approximate surface area is 51.4 Å². The highest BCUT2D eigenvalue weighted by atomic mass is 17.2. The molecule has 0 atom stereocenters. The Bertz CT molecular complexity index is 118. The second-order valence-corrected chi connectivity index (χ2v) is 1.03. The Hall–Kier alpha value is -1.10. The average molecular weight is 134 g/mol. The third-order valence-electron chi connectivity index (χ3n) is 0.511. The minimum absolute atomic E-state index is 1.07. The second-order valence-electron chi connectivity index (χ2n) is 1.03. The monoisotopic (exact) mass is 134 g/mol. The van der Waals surface area contributed by atoms with Gasteiger partial charge in [-0.15, -0.1) is 0 Å². The highest BCUT2D eigenvalue weighted by Gasteiger charge is 2.15. The van der Waals surface area contributed by atoms with Crippen LogP contribution < -0.4 is 0 Å². The van der Waals surface area contributed by atoms with Crippen LogP contribution in [0.3, 0.4) is 0 Å². The van der Waals surface area contributed by atoms with E-state index in [9.17, 15) is 9.59 Å². The van der Waals surface area contributed by atoms with E-state index in [0.717, 1.165) is 14.2 Å². The summed E-state index contributed by atoms with van der Waals surface area (Å²) in [6.45, 7) is 0. The van der Waals surface area contributed by atoms with E-state index in [1.54, 1.807) is 0 Å². The molecule has 5 nitrogen and oxygen atoms in total. The van der Waals surface area contributed by atoms with Crippen molar-refractivity contribution in [2.24, 2.45) is 0 Å². The molecule has 0 aromatic carbocycles. The molecular formula is C4H6O5. The zero-order chi connectivity index (χ0) is 7.28. The van der Waals surface area contributed by atoms with Crippen molar-refractivity contribution in [2.45, 2.75) is 0 Å². The second kappa shape index (κ2) is 3.85. The normalized spacial score (nSPS) is 8.22. The molecule has 0 spiro atoms. The summed E-state index contributed by atoms with van der Waals surface area (Å²) in [5.74, 6) is -2.25. The van der Waals surface area contributed by atoms with Crippen molar-refractivity contribution < 1.29 is 24.1 Å². The first-order valence-electron chi connectivity index (χ1n) is 2.05. The lowest BCUT2D eigenvalue weighted by atomic mass is 10.7. The highest BCUT2D eigenvalue weighted by Crippen LogP contribution is 1.80. The number of carbonyl (C=O) groups excluding carboxylic acids is 2. The van der Waals surface area contributed by atoms with Crippen LogP contribution in [-0.2, 0) is 24.1 Å². The predicted molar refractivity (Wildman–Crippen MR) is 25.1 cm³/mol. The van der Waals surface area contributed by atoms with Gasteiger partial charge in [0, 0.05) is 0 Å². The van der Waals surface area contributed by atoms with E-state index in [0.29, 0.717) is 0 Å². The van der Waals surface area contributed by atoms with Gasteiger partial charge in [0.1, 0.15) is 0 Å². The van der Waals surface area contributed by atoms with Crippen molar-refractivity contribution in [1.82, 2.24) is 0 Å². The van der Waals surface area contributed by atoms with Crippen LogP contribution in [0.5, 0.6) is 0 Å². The Morgan fingerprint density at radius 2 is 1.67 bits per heavy atom. The fraction of sp³-hybridized carbons (Fsp3) is 0.500. The van der Waals surface area contributed by atoms with Crippen LogP contribution in [0.2, 0.25) is 0 Å². The van der Waals surface area contributed by atoms with Gasteiger partial charge in [0.05, 0.1) is 14.2 Å². The number of esters is 1. The lowest BCUT2D eigenvalue weighted by molar-refractivity contribution is -0.255. The Balaban J connectivity index is 3.60. The van der Waals surface area contributed by atoms with Crippen molar-refractivity contribution in [2.75, 3.05) is 14.2 Å². The fourth-order valence-electron chi connectivity index (χ4n) is 0.193. The van der Waals surface area contributed by atoms with Crippen molar-refractivity contribution in [3.8, 4) is 0 Å². The molecule has 0 heterocycles. The number of rotatable bonds is 1. The van der Waals surface area contributed by atoms with Gasteiger partial charge in [-0.2, -0.15) is 4.89 Å². The Kier molecular flexibility index (Phi) is 3.38. The SMILES string of the molecule is COOC(=O)C(=O)OC. The van der Waals surface area contributed by atoms with Gasteiger partial charge in [-0.3, -0.25) is 4.89 Å². The van der Waals surface area contributed by atoms with E-state index in [4.69, 9.17) is 0 Å². The van der Waals surface area contributed by atoms with Crippen LogP contribution in [0.15, 0.2) is 0 Å². The van der Waals surface area contributed by atoms with Gasteiger partial charge in [0.15, 0.2) is 0 Å². The summed E-state index contributed by atoms with van der Waals surface area (Å²) >= 11 is 0. The van der Waals surface area contributed by atoms with Gasteiger partial charge < -0.3 is 4.74 Å². The molecule has 0 aromatic heterocycles. The summed E-state index contributed by atoms with van der Waals surface area (Å²) < 4.78 is 3.97. The quantitative estimate of drug-likeness (QED) is 0.204. The number of ether oxygens (including phenoxy) is 1. The van der Waals surface area contributed by atoms with E-state index in [-0.39, 0.29) is 0 Å². The average Bonchev–Trinajstić information content (AvgIpc) is 1.87. The summed E-state index contributed by atoms with van der Waals surface area (Å²) in [5.41, 5.74) is 0. The molecule has 0 aromatic rings. The summed E-state index contributed by atoms with van der Waals surface area (Å²) in [7, 11) is 2.18. The summed E-state index contributed by atoms with van der Waals surface area (Å²) in [4.78, 5) is 27.9. The van der Waals surface area contributed by atoms with Crippen LogP contribution >= 0.6 is 0 Å². The maximum Gasteiger partial charge on any atom is 0.449 e. The molecular weight excluding hydrogens is 128 g/mol. The maximum absolute atomic E-state index is 10.2. The van der Waals surface area contributed by atoms with Gasteiger partial charge in [-0.25, -0.2) is 9.59 Å². The maximum atomic E-state index is 10.2. The van der Waals surface area contributed by atoms with E-state index in [2.05, 4.69) is 14.5 Å². The van der Waals surface area contributed by atoms with Gasteiger partial charge in [0.2, 0.25) is 0 Å². The molecule has 5 heteroatoms. The lowest BCUT2D eigenvalue weighted by Gasteiger charge is -1.94. The number of methoxy groups -OCH3 is 1. The van der Waals surface area contributed by atoms with Crippen molar-refractivity contribution in [3.05, 3.63) is 0 Å². The summed E-state index contributed by atoms with van der Waals surface area (Å²) in [5, 5.41) is 0. The number of hydrogen-bond acceptors (Lipinski definition) is 5. The topological polar surface area (TPSA) is 61.8 Å². The zero-order valence-electron chi connectivity index (χ0n) is 5.04. The molecule has 0 N–H and O–H groups in total. The lowest BCUT2D eigenvalue weighted by Crippen LogP contribution is -2.17. The predicted octanol–water partition coefficient (Wildman–Crippen LogP) is -0.736. The van der Waals surface area contributed by atoms with Crippen LogP contribution in [0, 0.1) is 0 Å². The highest BCUT2D eigenvalue weighted by molar-refractivity contribution is 6.29. The van der Waals surface area contributed by atoms with E-state index in [1.165, 1.54) is 0 Å². The largest absolute Gasteiger partial charge is 0.461 e. The van der Waals surface area contributed by atoms with E-state index >= 15 is 0 Å². The minimum Gasteiger partial charge on any atom is -0.461 e. The first-order chi connectivity index (χ1) is 4.22. The Morgan fingerprint density at radius 3 is 2.00 bits per heavy atom. The molecule has 0 rings (SSSR count). The molecule has 0 aliphatic carbocycles. The van der Waals surface area contributed by atoms with Gasteiger partial charge >= 0.3 is 11.9 Å². The first-order valence-corrected chi connectivity index (χ1v) is 2.05. The van der Waals surface area contributed by atoms with Crippen molar-refractivity contribution in [3.63, 3.8) is 0 Å². The fourth-order valence-corrected chi connectivity index (χ4v) is 0.193. The molecule has 9 heavy (non-hydrogen) atoms. The molecule has 0 saturated heterocycles. The smallest absolute Gasteiger partial charge is 0.449 e. The van der Waals surface area contributed by atoms with Crippen LogP contribution in [0.1, 0.15) is 0 Å². The van der Waals surface area contributed by atoms with Crippen LogP contribution in [0.25, 0.3) is 0 Å². The van der Waals surface area contributed by atoms with E-state index < -0.39 is 11.9 Å². The summed E-state index contributed by atoms with van der Waals surface area (Å²) in [6, 6.07) is 0. The molecule has 0 amide bonds. The molecule has 0 aliphatic rings. The third-order valence-corrected chi connectivity index (χ3v) is 0.511. The summed E-state index contributed by atoms with van der Waals surface area (Å²) in [6.07, 6.45) is 0. The molecule has 0 saturated carbocycles. The zero-order valence-corrected chi connectivity index (χ0v) is 5.04. The van der Waals surface area contributed by atoms with Crippen LogP contribution in [0.4, 0.5) is 0 Å². The first kappa shape index (κ1) is 7.90. The molecule has 0 radical (unpaired) electrons. The van der Waals surface area contributed by atoms with Gasteiger partial charge in [-0.1, -0.05) is 0 Å². The van der Waals surface area contributed by atoms with Crippen LogP contribution in [-0.4, -0.2) is 26.2 Å². The van der Waals surface area contributed by atoms with Crippen molar-refractivity contribution >= 4 is 11.9 Å². The molecule has 0 fully saturated rings. The minimum atomic E-state index is -1.17. The van der Waals surface area contributed by atoms with Gasteiger partial charge in [0.25, 0.3) is 0 Å². The molecule has 0 bridgehead atoms. The third kappa shape index (κ3) is 2.65. The molecule has 0 unspecified atom stereocenters. The molecule has 52 valence electrons.